The Hall–Kier alpha value is -0.460. The number of anilines is 1. The average Bonchev–Trinajstić information content (AvgIpc) is 2.49. The molecule has 0 saturated heterocycles. The number of nitrogens with two attached hydrogens (primary N) is 1. The Morgan fingerprint density at radius 1 is 1.71 bits per heavy atom. The fraction of sp³-hybridized carbons (Fsp3) is 0.500. The molecule has 0 spiro atoms. The summed E-state index contributed by atoms with van der Waals surface area (Å²) in [5.41, 5.74) is 5.67. The van der Waals surface area contributed by atoms with Crippen LogP contribution in [0.3, 0.4) is 0 Å². The van der Waals surface area contributed by atoms with E-state index < -0.39 is 6.04 Å². The largest absolute Gasteiger partial charge is 0.320 e. The Kier molecular flexibility index (Phi) is 4.03. The molecule has 1 amide bonds. The molecule has 0 fully saturated rings. The highest BCUT2D eigenvalue weighted by Crippen LogP contribution is 2.23. The monoisotopic (exact) mass is 277 g/mol. The molecule has 0 radical (unpaired) electrons. The number of aromatic nitrogens is 1. The van der Waals surface area contributed by atoms with Gasteiger partial charge < -0.3 is 11.1 Å². The van der Waals surface area contributed by atoms with Crippen LogP contribution >= 0.6 is 27.3 Å². The summed E-state index contributed by atoms with van der Waals surface area (Å²) in [5.74, 6) is -0.0692. The van der Waals surface area contributed by atoms with Gasteiger partial charge in [-0.25, -0.2) is 4.98 Å². The van der Waals surface area contributed by atoms with E-state index in [-0.39, 0.29) is 11.8 Å². The molecule has 0 aliphatic carbocycles. The van der Waals surface area contributed by atoms with Crippen LogP contribution in [0.4, 0.5) is 5.13 Å². The maximum atomic E-state index is 11.5. The van der Waals surface area contributed by atoms with E-state index in [1.165, 1.54) is 11.3 Å². The number of hydrogen-bond acceptors (Lipinski definition) is 4. The number of rotatable bonds is 3. The first kappa shape index (κ1) is 11.6. The van der Waals surface area contributed by atoms with Gasteiger partial charge in [-0.1, -0.05) is 25.2 Å². The smallest absolute Gasteiger partial charge is 0.243 e. The summed E-state index contributed by atoms with van der Waals surface area (Å²) < 4.78 is 0.880. The lowest BCUT2D eigenvalue weighted by atomic mass is 10.1. The van der Waals surface area contributed by atoms with E-state index >= 15 is 0 Å². The fourth-order valence-electron chi connectivity index (χ4n) is 0.804. The highest BCUT2D eigenvalue weighted by molar-refractivity contribution is 9.11. The molecule has 0 bridgehead atoms. The van der Waals surface area contributed by atoms with Gasteiger partial charge in [0.15, 0.2) is 5.13 Å². The Labute approximate surface area is 95.0 Å². The molecule has 0 unspecified atom stereocenters. The molecule has 0 aromatic carbocycles. The van der Waals surface area contributed by atoms with Crippen molar-refractivity contribution in [2.45, 2.75) is 19.9 Å². The second kappa shape index (κ2) is 4.86. The highest BCUT2D eigenvalue weighted by atomic mass is 79.9. The van der Waals surface area contributed by atoms with Gasteiger partial charge in [0, 0.05) is 0 Å². The number of carbonyl (C=O) groups is 1. The molecule has 0 saturated carbocycles. The minimum Gasteiger partial charge on any atom is -0.320 e. The van der Waals surface area contributed by atoms with E-state index in [2.05, 4.69) is 26.2 Å². The zero-order chi connectivity index (χ0) is 10.7. The lowest BCUT2D eigenvalue weighted by molar-refractivity contribution is -0.118. The second-order valence-electron chi connectivity index (χ2n) is 3.23. The molecule has 1 atom stereocenters. The molecule has 1 rings (SSSR count). The van der Waals surface area contributed by atoms with Crippen LogP contribution in [-0.2, 0) is 4.79 Å². The number of thiazole rings is 1. The molecule has 1 aromatic heterocycles. The van der Waals surface area contributed by atoms with E-state index in [1.807, 2.05) is 13.8 Å². The molecule has 6 heteroatoms. The van der Waals surface area contributed by atoms with Gasteiger partial charge >= 0.3 is 0 Å². The van der Waals surface area contributed by atoms with E-state index in [0.29, 0.717) is 5.13 Å². The van der Waals surface area contributed by atoms with Gasteiger partial charge in [-0.15, -0.1) is 0 Å². The number of halogens is 1. The Morgan fingerprint density at radius 3 is 2.79 bits per heavy atom. The number of nitrogens with zero attached hydrogens (tertiary/aromatic N) is 1. The van der Waals surface area contributed by atoms with Crippen LogP contribution in [0.15, 0.2) is 9.98 Å². The molecule has 0 aliphatic rings. The molecule has 1 aromatic rings. The van der Waals surface area contributed by atoms with Crippen molar-refractivity contribution in [3.63, 3.8) is 0 Å². The van der Waals surface area contributed by atoms with Gasteiger partial charge in [0.05, 0.1) is 16.0 Å². The van der Waals surface area contributed by atoms with Gasteiger partial charge in [-0.2, -0.15) is 0 Å². The first-order chi connectivity index (χ1) is 6.50. The first-order valence-corrected chi connectivity index (χ1v) is 5.79. The predicted octanol–water partition coefficient (Wildman–Crippen LogP) is 1.83. The van der Waals surface area contributed by atoms with Crippen molar-refractivity contribution in [1.29, 1.82) is 0 Å². The van der Waals surface area contributed by atoms with Crippen LogP contribution in [-0.4, -0.2) is 16.9 Å². The van der Waals surface area contributed by atoms with Crippen molar-refractivity contribution < 1.29 is 4.79 Å². The highest BCUT2D eigenvalue weighted by Gasteiger charge is 2.17. The molecular weight excluding hydrogens is 266 g/mol. The normalized spacial score (nSPS) is 12.9. The van der Waals surface area contributed by atoms with Crippen LogP contribution in [0, 0.1) is 5.92 Å². The van der Waals surface area contributed by atoms with Crippen molar-refractivity contribution >= 4 is 38.3 Å². The number of hydrogen-bond donors (Lipinski definition) is 2. The predicted molar refractivity (Wildman–Crippen MR) is 61.3 cm³/mol. The maximum Gasteiger partial charge on any atom is 0.243 e. The lowest BCUT2D eigenvalue weighted by Crippen LogP contribution is -2.39. The minimum absolute atomic E-state index is 0.124. The second-order valence-corrected chi connectivity index (χ2v) is 5.64. The zero-order valence-electron chi connectivity index (χ0n) is 7.95. The molecular formula is C8H12BrN3OS. The summed E-state index contributed by atoms with van der Waals surface area (Å²) in [6, 6.07) is -0.488. The fourth-order valence-corrected chi connectivity index (χ4v) is 1.91. The third kappa shape index (κ3) is 3.04. The van der Waals surface area contributed by atoms with Crippen LogP contribution < -0.4 is 11.1 Å². The Bertz CT molecular complexity index is 326. The molecule has 14 heavy (non-hydrogen) atoms. The maximum absolute atomic E-state index is 11.5. The SMILES string of the molecule is CC(C)[C@H](N)C(=O)Nc1ncc(Br)s1. The summed E-state index contributed by atoms with van der Waals surface area (Å²) in [5, 5.41) is 3.22. The third-order valence-electron chi connectivity index (χ3n) is 1.73. The summed E-state index contributed by atoms with van der Waals surface area (Å²) in [6.07, 6.45) is 1.64. The van der Waals surface area contributed by atoms with Crippen LogP contribution in [0.5, 0.6) is 0 Å². The zero-order valence-corrected chi connectivity index (χ0v) is 10.4. The van der Waals surface area contributed by atoms with E-state index in [9.17, 15) is 4.79 Å². The summed E-state index contributed by atoms with van der Waals surface area (Å²) in [7, 11) is 0. The van der Waals surface area contributed by atoms with Gasteiger partial charge in [-0.3, -0.25) is 4.79 Å². The van der Waals surface area contributed by atoms with Crippen LogP contribution in [0.2, 0.25) is 0 Å². The van der Waals surface area contributed by atoms with Crippen molar-refractivity contribution in [3.8, 4) is 0 Å². The van der Waals surface area contributed by atoms with Crippen molar-refractivity contribution in [1.82, 2.24) is 4.98 Å². The van der Waals surface area contributed by atoms with Gasteiger partial charge in [0.25, 0.3) is 0 Å². The van der Waals surface area contributed by atoms with Crippen LogP contribution in [0.25, 0.3) is 0 Å². The summed E-state index contributed by atoms with van der Waals surface area (Å²) in [6.45, 7) is 3.81. The molecule has 0 aliphatic heterocycles. The molecule has 3 N–H and O–H groups in total. The van der Waals surface area contributed by atoms with Crippen molar-refractivity contribution in [2.75, 3.05) is 5.32 Å². The van der Waals surface area contributed by atoms with Crippen LogP contribution in [0.1, 0.15) is 13.8 Å². The Morgan fingerprint density at radius 2 is 2.36 bits per heavy atom. The quantitative estimate of drug-likeness (QED) is 0.886. The van der Waals surface area contributed by atoms with Gasteiger partial charge in [-0.05, 0) is 21.8 Å². The Balaban J connectivity index is 2.57. The summed E-state index contributed by atoms with van der Waals surface area (Å²) in [4.78, 5) is 15.5. The topological polar surface area (TPSA) is 68.0 Å². The van der Waals surface area contributed by atoms with E-state index in [1.54, 1.807) is 6.20 Å². The van der Waals surface area contributed by atoms with Gasteiger partial charge in [0.1, 0.15) is 0 Å². The number of carbonyl (C=O) groups excluding carboxylic acids is 1. The minimum atomic E-state index is -0.488. The number of amides is 1. The number of nitrogens with one attached hydrogen (secondary N) is 1. The molecule has 78 valence electrons. The first-order valence-electron chi connectivity index (χ1n) is 4.18. The molecule has 1 heterocycles. The van der Waals surface area contributed by atoms with E-state index in [0.717, 1.165) is 3.79 Å². The average molecular weight is 278 g/mol. The molecule has 4 nitrogen and oxygen atoms in total. The van der Waals surface area contributed by atoms with E-state index in [4.69, 9.17) is 5.73 Å². The van der Waals surface area contributed by atoms with Crippen molar-refractivity contribution in [2.24, 2.45) is 11.7 Å². The summed E-state index contributed by atoms with van der Waals surface area (Å²) >= 11 is 4.62. The standard InChI is InChI=1S/C8H12BrN3OS/c1-4(2)6(10)7(13)12-8-11-3-5(9)14-8/h3-4,6H,10H2,1-2H3,(H,11,12,13)/t6-/m0/s1. The van der Waals surface area contributed by atoms with Crippen molar-refractivity contribution in [3.05, 3.63) is 9.98 Å². The van der Waals surface area contributed by atoms with Gasteiger partial charge in [0.2, 0.25) is 5.91 Å². The lowest BCUT2D eigenvalue weighted by Gasteiger charge is -2.13. The third-order valence-corrected chi connectivity index (χ3v) is 3.12.